The molecule has 0 aliphatic carbocycles. The van der Waals surface area contributed by atoms with Gasteiger partial charge in [-0.25, -0.2) is 9.37 Å². The van der Waals surface area contributed by atoms with E-state index in [1.54, 1.807) is 12.3 Å². The first kappa shape index (κ1) is 16.5. The number of nitrogens with one attached hydrogen (secondary N) is 1. The van der Waals surface area contributed by atoms with Crippen molar-refractivity contribution in [2.75, 3.05) is 5.32 Å². The number of benzene rings is 1. The fourth-order valence-corrected chi connectivity index (χ4v) is 2.78. The molecule has 5 nitrogen and oxygen atoms in total. The average Bonchev–Trinajstić information content (AvgIpc) is 2.87. The highest BCUT2D eigenvalue weighted by Crippen LogP contribution is 2.32. The van der Waals surface area contributed by atoms with Crippen molar-refractivity contribution in [1.82, 2.24) is 9.55 Å². The summed E-state index contributed by atoms with van der Waals surface area (Å²) in [6.45, 7) is 1.96. The van der Waals surface area contributed by atoms with Gasteiger partial charge in [-0.1, -0.05) is 13.3 Å². The third kappa shape index (κ3) is 4.08. The van der Waals surface area contributed by atoms with Gasteiger partial charge in [-0.3, -0.25) is 4.79 Å². The molecule has 1 amide bonds. The lowest BCUT2D eigenvalue weighted by Crippen LogP contribution is -2.35. The van der Waals surface area contributed by atoms with Crippen LogP contribution in [0.3, 0.4) is 0 Å². The molecule has 1 unspecified atom stereocenters. The van der Waals surface area contributed by atoms with E-state index in [0.717, 1.165) is 11.6 Å². The number of anilines is 1. The molecule has 0 saturated carbocycles. The van der Waals surface area contributed by atoms with Crippen LogP contribution in [0.15, 0.2) is 40.6 Å². The second kappa shape index (κ2) is 7.42. The first-order chi connectivity index (χ1) is 10.5. The maximum atomic E-state index is 13.5. The van der Waals surface area contributed by atoms with Crippen molar-refractivity contribution in [1.29, 1.82) is 0 Å². The summed E-state index contributed by atoms with van der Waals surface area (Å²) in [7, 11) is 1.87. The van der Waals surface area contributed by atoms with Gasteiger partial charge in [0.05, 0.1) is 11.7 Å². The van der Waals surface area contributed by atoms with Crippen LogP contribution in [-0.4, -0.2) is 21.5 Å². The highest BCUT2D eigenvalue weighted by molar-refractivity contribution is 7.99. The second-order valence-electron chi connectivity index (χ2n) is 4.95. The van der Waals surface area contributed by atoms with Gasteiger partial charge in [0.25, 0.3) is 0 Å². The molecule has 1 heterocycles. The summed E-state index contributed by atoms with van der Waals surface area (Å²) in [6, 6.07) is 3.67. The van der Waals surface area contributed by atoms with Crippen molar-refractivity contribution >= 4 is 23.4 Å². The van der Waals surface area contributed by atoms with E-state index >= 15 is 0 Å². The fraction of sp³-hybridized carbons (Fsp3) is 0.333. The topological polar surface area (TPSA) is 72.9 Å². The number of hydrogen-bond donors (Lipinski definition) is 2. The van der Waals surface area contributed by atoms with Crippen molar-refractivity contribution in [2.24, 2.45) is 12.8 Å². The number of aromatic nitrogens is 2. The molecule has 0 fully saturated rings. The number of rotatable bonds is 6. The van der Waals surface area contributed by atoms with Gasteiger partial charge >= 0.3 is 0 Å². The third-order valence-electron chi connectivity index (χ3n) is 3.11. The molecule has 0 spiro atoms. The van der Waals surface area contributed by atoms with Crippen LogP contribution >= 0.6 is 11.8 Å². The number of nitrogens with two attached hydrogens (primary N) is 1. The molecule has 0 saturated heterocycles. The van der Waals surface area contributed by atoms with E-state index in [2.05, 4.69) is 10.3 Å². The van der Waals surface area contributed by atoms with Crippen molar-refractivity contribution in [3.63, 3.8) is 0 Å². The van der Waals surface area contributed by atoms with Crippen LogP contribution in [0.2, 0.25) is 0 Å². The highest BCUT2D eigenvalue weighted by atomic mass is 32.2. The number of amides is 1. The monoisotopic (exact) mass is 322 g/mol. The van der Waals surface area contributed by atoms with E-state index in [1.807, 2.05) is 24.7 Å². The fourth-order valence-electron chi connectivity index (χ4n) is 1.91. The Morgan fingerprint density at radius 3 is 2.95 bits per heavy atom. The standard InChI is InChI=1S/C15H19FN4OS/c1-3-4-11(17)14(21)19-12-9-10(16)5-6-13(12)22-15-18-7-8-20(15)2/h5-9,11H,3-4,17H2,1-2H3,(H,19,21). The summed E-state index contributed by atoms with van der Waals surface area (Å²) in [5, 5.41) is 3.46. The molecule has 1 atom stereocenters. The van der Waals surface area contributed by atoms with Crippen molar-refractivity contribution in [3.8, 4) is 0 Å². The lowest BCUT2D eigenvalue weighted by atomic mass is 10.1. The molecular weight excluding hydrogens is 303 g/mol. The number of nitrogens with zero attached hydrogens (tertiary/aromatic N) is 2. The third-order valence-corrected chi connectivity index (χ3v) is 4.27. The zero-order valence-corrected chi connectivity index (χ0v) is 13.4. The smallest absolute Gasteiger partial charge is 0.241 e. The summed E-state index contributed by atoms with van der Waals surface area (Å²) in [6.07, 6.45) is 4.90. The first-order valence-corrected chi connectivity index (χ1v) is 7.84. The summed E-state index contributed by atoms with van der Waals surface area (Å²) in [4.78, 5) is 17.0. The van der Waals surface area contributed by atoms with Crippen LogP contribution in [0.5, 0.6) is 0 Å². The van der Waals surface area contributed by atoms with Gasteiger partial charge in [-0.05, 0) is 36.4 Å². The van der Waals surface area contributed by atoms with Crippen LogP contribution in [0.25, 0.3) is 0 Å². The lowest BCUT2D eigenvalue weighted by Gasteiger charge is -2.14. The van der Waals surface area contributed by atoms with Crippen LogP contribution in [0.4, 0.5) is 10.1 Å². The Morgan fingerprint density at radius 1 is 1.55 bits per heavy atom. The van der Waals surface area contributed by atoms with Crippen LogP contribution in [-0.2, 0) is 11.8 Å². The first-order valence-electron chi connectivity index (χ1n) is 7.02. The summed E-state index contributed by atoms with van der Waals surface area (Å²) < 4.78 is 15.3. The SMILES string of the molecule is CCCC(N)C(=O)Nc1cc(F)ccc1Sc1nccn1C. The van der Waals surface area contributed by atoms with Crippen LogP contribution in [0.1, 0.15) is 19.8 Å². The summed E-state index contributed by atoms with van der Waals surface area (Å²) in [5.41, 5.74) is 6.20. The van der Waals surface area contributed by atoms with E-state index in [-0.39, 0.29) is 5.91 Å². The number of aryl methyl sites for hydroxylation is 1. The van der Waals surface area contributed by atoms with Gasteiger partial charge in [-0.15, -0.1) is 0 Å². The van der Waals surface area contributed by atoms with Gasteiger partial charge in [-0.2, -0.15) is 0 Å². The second-order valence-corrected chi connectivity index (χ2v) is 5.96. The molecule has 0 aliphatic heterocycles. The number of carbonyl (C=O) groups excluding carboxylic acids is 1. The minimum Gasteiger partial charge on any atom is -0.329 e. The van der Waals surface area contributed by atoms with E-state index in [0.29, 0.717) is 17.0 Å². The highest BCUT2D eigenvalue weighted by Gasteiger charge is 2.16. The van der Waals surface area contributed by atoms with Crippen molar-refractivity contribution < 1.29 is 9.18 Å². The minimum absolute atomic E-state index is 0.311. The number of halogens is 1. The van der Waals surface area contributed by atoms with E-state index in [4.69, 9.17) is 5.73 Å². The largest absolute Gasteiger partial charge is 0.329 e. The Bertz CT molecular complexity index is 659. The molecule has 22 heavy (non-hydrogen) atoms. The van der Waals surface area contributed by atoms with Gasteiger partial charge in [0.2, 0.25) is 5.91 Å². The number of hydrogen-bond acceptors (Lipinski definition) is 4. The van der Waals surface area contributed by atoms with E-state index in [9.17, 15) is 9.18 Å². The molecule has 118 valence electrons. The zero-order chi connectivity index (χ0) is 16.1. The number of carbonyl (C=O) groups is 1. The molecular formula is C15H19FN4OS. The molecule has 0 aliphatic rings. The Labute approximate surface area is 133 Å². The molecule has 1 aromatic carbocycles. The number of imidazole rings is 1. The molecule has 1 aromatic heterocycles. The maximum absolute atomic E-state index is 13.5. The Kier molecular flexibility index (Phi) is 5.57. The Morgan fingerprint density at radius 2 is 2.32 bits per heavy atom. The normalized spacial score (nSPS) is 12.2. The van der Waals surface area contributed by atoms with Crippen LogP contribution in [0, 0.1) is 5.82 Å². The zero-order valence-electron chi connectivity index (χ0n) is 12.5. The molecule has 2 aromatic rings. The molecule has 0 bridgehead atoms. The van der Waals surface area contributed by atoms with E-state index < -0.39 is 11.9 Å². The predicted octanol–water partition coefficient (Wildman–Crippen LogP) is 2.78. The van der Waals surface area contributed by atoms with E-state index in [1.165, 1.54) is 23.9 Å². The summed E-state index contributed by atoms with van der Waals surface area (Å²) in [5.74, 6) is -0.724. The van der Waals surface area contributed by atoms with Gasteiger partial charge in [0.15, 0.2) is 5.16 Å². The summed E-state index contributed by atoms with van der Waals surface area (Å²) >= 11 is 1.35. The quantitative estimate of drug-likeness (QED) is 0.858. The predicted molar refractivity (Wildman–Crippen MR) is 85.2 cm³/mol. The lowest BCUT2D eigenvalue weighted by molar-refractivity contribution is -0.117. The van der Waals surface area contributed by atoms with Gasteiger partial charge < -0.3 is 15.6 Å². The van der Waals surface area contributed by atoms with Crippen LogP contribution < -0.4 is 11.1 Å². The average molecular weight is 322 g/mol. The molecule has 0 radical (unpaired) electrons. The van der Waals surface area contributed by atoms with Gasteiger partial charge in [0, 0.05) is 24.3 Å². The van der Waals surface area contributed by atoms with Crippen molar-refractivity contribution in [2.45, 2.75) is 35.9 Å². The van der Waals surface area contributed by atoms with Gasteiger partial charge in [0.1, 0.15) is 5.82 Å². The molecule has 3 N–H and O–H groups in total. The maximum Gasteiger partial charge on any atom is 0.241 e. The Balaban J connectivity index is 2.21. The van der Waals surface area contributed by atoms with Crippen molar-refractivity contribution in [3.05, 3.63) is 36.4 Å². The minimum atomic E-state index is -0.598. The molecule has 7 heteroatoms. The Hall–Kier alpha value is -1.86. The molecule has 2 rings (SSSR count).